The van der Waals surface area contributed by atoms with Gasteiger partial charge in [-0.2, -0.15) is 5.26 Å². The summed E-state index contributed by atoms with van der Waals surface area (Å²) in [6, 6.07) is 26.2. The lowest BCUT2D eigenvalue weighted by Gasteiger charge is -2.12. The van der Waals surface area contributed by atoms with E-state index in [0.717, 1.165) is 17.0 Å². The molecule has 2 N–H and O–H groups in total. The van der Waals surface area contributed by atoms with E-state index in [-0.39, 0.29) is 5.57 Å². The molecule has 5 heteroatoms. The molecule has 0 saturated heterocycles. The highest BCUT2D eigenvalue weighted by atomic mass is 16.5. The number of para-hydroxylation sites is 2. The molecule has 30 heavy (non-hydrogen) atoms. The average Bonchev–Trinajstić information content (AvgIpc) is 2.76. The van der Waals surface area contributed by atoms with Crippen molar-refractivity contribution in [3.63, 3.8) is 0 Å². The van der Waals surface area contributed by atoms with Gasteiger partial charge in [-0.15, -0.1) is 0 Å². The summed E-state index contributed by atoms with van der Waals surface area (Å²) < 4.78 is 5.74. The minimum atomic E-state index is -0.483. The highest BCUT2D eigenvalue weighted by Gasteiger charge is 2.11. The second kappa shape index (κ2) is 9.94. The maximum absolute atomic E-state index is 12.5. The summed E-state index contributed by atoms with van der Waals surface area (Å²) in [7, 11) is 0. The van der Waals surface area contributed by atoms with Crippen LogP contribution in [0.4, 0.5) is 11.4 Å². The zero-order chi connectivity index (χ0) is 21.3. The molecule has 0 fully saturated rings. The fourth-order valence-corrected chi connectivity index (χ4v) is 2.86. The quantitative estimate of drug-likeness (QED) is 0.375. The van der Waals surface area contributed by atoms with E-state index >= 15 is 0 Å². The number of nitriles is 1. The molecule has 0 atom stereocenters. The summed E-state index contributed by atoms with van der Waals surface area (Å²) in [4.78, 5) is 12.5. The third-order valence-corrected chi connectivity index (χ3v) is 4.41. The lowest BCUT2D eigenvalue weighted by Crippen LogP contribution is -2.14. The molecule has 0 aliphatic heterocycles. The first-order valence-corrected chi connectivity index (χ1v) is 9.67. The van der Waals surface area contributed by atoms with Crippen LogP contribution in [0.5, 0.6) is 11.5 Å². The Hall–Kier alpha value is -4.04. The summed E-state index contributed by atoms with van der Waals surface area (Å²) in [5.41, 5.74) is 2.54. The SMILES string of the molecule is CC(C)c1ccccc1N/C=C(/C#N)C(=O)Nc1ccc(Oc2ccccc2)cc1. The summed E-state index contributed by atoms with van der Waals surface area (Å²) in [6.45, 7) is 4.18. The van der Waals surface area contributed by atoms with Gasteiger partial charge in [0.2, 0.25) is 0 Å². The van der Waals surface area contributed by atoms with Crippen LogP contribution in [0.25, 0.3) is 0 Å². The highest BCUT2D eigenvalue weighted by Crippen LogP contribution is 2.24. The summed E-state index contributed by atoms with van der Waals surface area (Å²) in [6.07, 6.45) is 1.43. The zero-order valence-corrected chi connectivity index (χ0v) is 16.9. The van der Waals surface area contributed by atoms with E-state index in [1.807, 2.05) is 60.7 Å². The second-order valence-electron chi connectivity index (χ2n) is 6.95. The van der Waals surface area contributed by atoms with Crippen molar-refractivity contribution < 1.29 is 9.53 Å². The van der Waals surface area contributed by atoms with Gasteiger partial charge in [0.15, 0.2) is 0 Å². The number of nitrogens with zero attached hydrogens (tertiary/aromatic N) is 1. The molecule has 0 bridgehead atoms. The average molecular weight is 397 g/mol. The second-order valence-corrected chi connectivity index (χ2v) is 6.95. The third kappa shape index (κ3) is 5.49. The van der Waals surface area contributed by atoms with Crippen LogP contribution in [-0.2, 0) is 4.79 Å². The molecule has 150 valence electrons. The molecule has 0 aliphatic carbocycles. The van der Waals surface area contributed by atoms with E-state index in [9.17, 15) is 10.1 Å². The van der Waals surface area contributed by atoms with E-state index in [1.54, 1.807) is 24.3 Å². The number of nitrogens with one attached hydrogen (secondary N) is 2. The molecule has 3 aromatic rings. The third-order valence-electron chi connectivity index (χ3n) is 4.41. The van der Waals surface area contributed by atoms with Crippen molar-refractivity contribution in [2.45, 2.75) is 19.8 Å². The van der Waals surface area contributed by atoms with Gasteiger partial charge in [-0.1, -0.05) is 50.2 Å². The van der Waals surface area contributed by atoms with Crippen molar-refractivity contribution in [3.05, 3.63) is 96.2 Å². The highest BCUT2D eigenvalue weighted by molar-refractivity contribution is 6.06. The van der Waals surface area contributed by atoms with Crippen LogP contribution in [0.2, 0.25) is 0 Å². The van der Waals surface area contributed by atoms with Crippen molar-refractivity contribution in [3.8, 4) is 17.6 Å². The first-order chi connectivity index (χ1) is 14.6. The summed E-state index contributed by atoms with van der Waals surface area (Å²) in [5.74, 6) is 1.22. The molecule has 0 saturated carbocycles. The number of benzene rings is 3. The van der Waals surface area contributed by atoms with Crippen molar-refractivity contribution >= 4 is 17.3 Å². The van der Waals surface area contributed by atoms with Gasteiger partial charge >= 0.3 is 0 Å². The lowest BCUT2D eigenvalue weighted by atomic mass is 10.0. The molecule has 1 amide bonds. The molecule has 0 unspecified atom stereocenters. The Labute approximate surface area is 176 Å². The Morgan fingerprint density at radius 3 is 2.23 bits per heavy atom. The van der Waals surface area contributed by atoms with E-state index < -0.39 is 5.91 Å². The van der Waals surface area contributed by atoms with Crippen LogP contribution in [0, 0.1) is 11.3 Å². The molecule has 0 aromatic heterocycles. The Bertz CT molecular complexity index is 1070. The fraction of sp³-hybridized carbons (Fsp3) is 0.120. The van der Waals surface area contributed by atoms with Crippen LogP contribution in [0.3, 0.4) is 0 Å². The Morgan fingerprint density at radius 2 is 1.57 bits per heavy atom. The van der Waals surface area contributed by atoms with Crippen molar-refractivity contribution in [2.24, 2.45) is 0 Å². The fourth-order valence-electron chi connectivity index (χ4n) is 2.86. The van der Waals surface area contributed by atoms with Crippen LogP contribution >= 0.6 is 0 Å². The van der Waals surface area contributed by atoms with Crippen molar-refractivity contribution in [1.82, 2.24) is 0 Å². The van der Waals surface area contributed by atoms with Crippen molar-refractivity contribution in [2.75, 3.05) is 10.6 Å². The first-order valence-electron chi connectivity index (χ1n) is 9.67. The maximum atomic E-state index is 12.5. The molecule has 3 aromatic carbocycles. The Balaban J connectivity index is 1.65. The number of amides is 1. The van der Waals surface area contributed by atoms with Crippen LogP contribution in [-0.4, -0.2) is 5.91 Å². The standard InChI is InChI=1S/C25H23N3O2/c1-18(2)23-10-6-7-11-24(23)27-17-19(16-26)25(29)28-20-12-14-22(15-13-20)30-21-8-4-3-5-9-21/h3-15,17-18,27H,1-2H3,(H,28,29)/b19-17-. The van der Waals surface area contributed by atoms with Gasteiger partial charge in [0.25, 0.3) is 5.91 Å². The van der Waals surface area contributed by atoms with E-state index in [2.05, 4.69) is 24.5 Å². The minimum absolute atomic E-state index is 0.0156. The monoisotopic (exact) mass is 397 g/mol. The molecule has 3 rings (SSSR count). The molecule has 0 radical (unpaired) electrons. The number of carbonyl (C=O) groups excluding carboxylic acids is 1. The molecule has 0 aliphatic rings. The van der Waals surface area contributed by atoms with Crippen molar-refractivity contribution in [1.29, 1.82) is 5.26 Å². The normalized spacial score (nSPS) is 10.9. The number of ether oxygens (including phenoxy) is 1. The summed E-state index contributed by atoms with van der Waals surface area (Å²) >= 11 is 0. The smallest absolute Gasteiger partial charge is 0.267 e. The number of anilines is 2. The topological polar surface area (TPSA) is 74.2 Å². The van der Waals surface area contributed by atoms with Crippen LogP contribution < -0.4 is 15.4 Å². The molecular weight excluding hydrogens is 374 g/mol. The van der Waals surface area contributed by atoms with E-state index in [4.69, 9.17) is 4.74 Å². The zero-order valence-electron chi connectivity index (χ0n) is 16.9. The Kier molecular flexibility index (Phi) is 6.86. The molecule has 0 heterocycles. The largest absolute Gasteiger partial charge is 0.457 e. The van der Waals surface area contributed by atoms with E-state index in [0.29, 0.717) is 17.4 Å². The predicted molar refractivity (Wildman–Crippen MR) is 119 cm³/mol. The van der Waals surface area contributed by atoms with Gasteiger partial charge in [-0.25, -0.2) is 0 Å². The maximum Gasteiger partial charge on any atom is 0.267 e. The number of carbonyl (C=O) groups is 1. The van der Waals surface area contributed by atoms with E-state index in [1.165, 1.54) is 6.20 Å². The van der Waals surface area contributed by atoms with Crippen LogP contribution in [0.15, 0.2) is 90.6 Å². The molecular formula is C25H23N3O2. The summed E-state index contributed by atoms with van der Waals surface area (Å²) in [5, 5.41) is 15.2. The number of hydrogen-bond acceptors (Lipinski definition) is 4. The first kappa shape index (κ1) is 20.7. The number of hydrogen-bond donors (Lipinski definition) is 2. The van der Waals surface area contributed by atoms with Gasteiger partial charge in [-0.05, 0) is 53.9 Å². The molecule has 0 spiro atoms. The molecule has 5 nitrogen and oxygen atoms in total. The predicted octanol–water partition coefficient (Wildman–Crippen LogP) is 6.06. The number of rotatable bonds is 7. The minimum Gasteiger partial charge on any atom is -0.457 e. The van der Waals surface area contributed by atoms with Gasteiger partial charge in [0.05, 0.1) is 0 Å². The van der Waals surface area contributed by atoms with Gasteiger partial charge < -0.3 is 15.4 Å². The van der Waals surface area contributed by atoms with Crippen LogP contribution in [0.1, 0.15) is 25.3 Å². The van der Waals surface area contributed by atoms with Gasteiger partial charge in [0, 0.05) is 17.6 Å². The lowest BCUT2D eigenvalue weighted by molar-refractivity contribution is -0.112. The van der Waals surface area contributed by atoms with Gasteiger partial charge in [0.1, 0.15) is 23.1 Å². The van der Waals surface area contributed by atoms with Gasteiger partial charge in [-0.3, -0.25) is 4.79 Å². The Morgan fingerprint density at radius 1 is 0.933 bits per heavy atom.